The number of amides is 1. The summed E-state index contributed by atoms with van der Waals surface area (Å²) in [5, 5.41) is 10.3. The molecule has 0 saturated carbocycles. The number of carbonyl (C=O) groups is 1. The van der Waals surface area contributed by atoms with Crippen LogP contribution in [0.1, 0.15) is 5.56 Å². The molecule has 1 fully saturated rings. The highest BCUT2D eigenvalue weighted by Gasteiger charge is 2.31. The summed E-state index contributed by atoms with van der Waals surface area (Å²) in [5.74, 6) is -0.0874. The van der Waals surface area contributed by atoms with Crippen LogP contribution in [0.15, 0.2) is 30.5 Å². The molecule has 0 aliphatic carbocycles. The zero-order valence-electron chi connectivity index (χ0n) is 10.5. The highest BCUT2D eigenvalue weighted by molar-refractivity contribution is 5.86. The number of para-hydroxylation sites is 1. The number of aliphatic hydroxyl groups excluding tert-OH is 1. The minimum absolute atomic E-state index is 0.0874. The van der Waals surface area contributed by atoms with E-state index in [1.165, 1.54) is 0 Å². The van der Waals surface area contributed by atoms with Gasteiger partial charge in [-0.1, -0.05) is 18.2 Å². The van der Waals surface area contributed by atoms with Gasteiger partial charge in [-0.2, -0.15) is 0 Å². The summed E-state index contributed by atoms with van der Waals surface area (Å²) in [7, 11) is 0. The number of likely N-dealkylation sites (tertiary alicyclic amines) is 1. The van der Waals surface area contributed by atoms with E-state index < -0.39 is 6.04 Å². The molecular formula is C14H17N3O2. The Balaban J connectivity index is 1.72. The molecule has 19 heavy (non-hydrogen) atoms. The van der Waals surface area contributed by atoms with E-state index in [0.29, 0.717) is 19.5 Å². The summed E-state index contributed by atoms with van der Waals surface area (Å²) in [5.41, 5.74) is 8.07. The van der Waals surface area contributed by atoms with Crippen LogP contribution in [0.5, 0.6) is 0 Å². The van der Waals surface area contributed by atoms with E-state index >= 15 is 0 Å². The molecule has 2 aromatic rings. The predicted molar refractivity (Wildman–Crippen MR) is 72.6 cm³/mol. The number of hydrogen-bond acceptors (Lipinski definition) is 3. The van der Waals surface area contributed by atoms with Crippen LogP contribution < -0.4 is 5.73 Å². The second-order valence-electron chi connectivity index (χ2n) is 5.07. The first-order valence-electron chi connectivity index (χ1n) is 6.42. The number of carbonyl (C=O) groups excluding carboxylic acids is 1. The maximum atomic E-state index is 12.0. The molecule has 1 saturated heterocycles. The van der Waals surface area contributed by atoms with Crippen molar-refractivity contribution in [2.24, 2.45) is 5.73 Å². The average molecular weight is 259 g/mol. The number of aliphatic hydroxyl groups is 1. The summed E-state index contributed by atoms with van der Waals surface area (Å²) in [6, 6.07) is 7.41. The maximum absolute atomic E-state index is 12.0. The third kappa shape index (κ3) is 2.22. The number of nitrogens with zero attached hydrogens (tertiary/aromatic N) is 1. The highest BCUT2D eigenvalue weighted by Crippen LogP contribution is 2.19. The number of rotatable bonds is 3. The molecule has 0 spiro atoms. The maximum Gasteiger partial charge on any atom is 0.240 e. The van der Waals surface area contributed by atoms with Crippen molar-refractivity contribution in [1.29, 1.82) is 0 Å². The van der Waals surface area contributed by atoms with Crippen LogP contribution in [-0.2, 0) is 11.2 Å². The standard InChI is InChI=1S/C14H17N3O2/c15-12(14(19)17-7-10(18)8-17)5-9-6-16-13-4-2-1-3-11(9)13/h1-4,6,10,12,16,18H,5,7-8,15H2. The Bertz CT molecular complexity index is 602. The second kappa shape index (κ2) is 4.68. The van der Waals surface area contributed by atoms with Gasteiger partial charge in [0.15, 0.2) is 0 Å². The van der Waals surface area contributed by atoms with E-state index in [1.807, 2.05) is 30.5 Å². The minimum atomic E-state index is -0.549. The molecule has 1 aromatic carbocycles. The molecule has 4 N–H and O–H groups in total. The molecule has 1 aliphatic heterocycles. The molecule has 1 amide bonds. The molecule has 5 nitrogen and oxygen atoms in total. The number of aromatic amines is 1. The first-order valence-corrected chi connectivity index (χ1v) is 6.42. The molecule has 1 unspecified atom stereocenters. The number of β-amino-alcohol motifs (C(OH)–C–C–N with tert-alkyl or cyclic N) is 1. The van der Waals surface area contributed by atoms with Gasteiger partial charge in [0.25, 0.3) is 0 Å². The minimum Gasteiger partial charge on any atom is -0.389 e. The fourth-order valence-electron chi connectivity index (χ4n) is 2.49. The average Bonchev–Trinajstić information content (AvgIpc) is 2.78. The first kappa shape index (κ1) is 12.2. The van der Waals surface area contributed by atoms with Crippen LogP contribution in [-0.4, -0.2) is 46.1 Å². The molecule has 3 rings (SSSR count). The molecule has 100 valence electrons. The van der Waals surface area contributed by atoms with Gasteiger partial charge in [-0.25, -0.2) is 0 Å². The fraction of sp³-hybridized carbons (Fsp3) is 0.357. The Morgan fingerprint density at radius 2 is 2.21 bits per heavy atom. The van der Waals surface area contributed by atoms with Gasteiger partial charge in [0.1, 0.15) is 0 Å². The largest absolute Gasteiger partial charge is 0.389 e. The molecule has 1 aromatic heterocycles. The van der Waals surface area contributed by atoms with Gasteiger partial charge in [0.2, 0.25) is 5.91 Å². The van der Waals surface area contributed by atoms with Crippen molar-refractivity contribution in [1.82, 2.24) is 9.88 Å². The van der Waals surface area contributed by atoms with E-state index in [4.69, 9.17) is 5.73 Å². The molecule has 2 heterocycles. The number of benzene rings is 1. The van der Waals surface area contributed by atoms with E-state index in [0.717, 1.165) is 16.5 Å². The van der Waals surface area contributed by atoms with E-state index in [9.17, 15) is 9.90 Å². The molecule has 1 atom stereocenters. The van der Waals surface area contributed by atoms with Crippen LogP contribution in [0.3, 0.4) is 0 Å². The molecule has 1 aliphatic rings. The fourth-order valence-corrected chi connectivity index (χ4v) is 2.49. The number of H-pyrrole nitrogens is 1. The van der Waals surface area contributed by atoms with Crippen LogP contribution in [0.4, 0.5) is 0 Å². The smallest absolute Gasteiger partial charge is 0.240 e. The lowest BCUT2D eigenvalue weighted by atomic mass is 10.0. The van der Waals surface area contributed by atoms with Crippen molar-refractivity contribution in [2.45, 2.75) is 18.6 Å². The van der Waals surface area contributed by atoms with Crippen LogP contribution in [0.25, 0.3) is 10.9 Å². The van der Waals surface area contributed by atoms with Gasteiger partial charge >= 0.3 is 0 Å². The third-order valence-electron chi connectivity index (χ3n) is 3.61. The number of nitrogens with one attached hydrogen (secondary N) is 1. The van der Waals surface area contributed by atoms with Gasteiger partial charge in [-0.05, 0) is 18.1 Å². The molecular weight excluding hydrogens is 242 g/mol. The zero-order valence-corrected chi connectivity index (χ0v) is 10.5. The van der Waals surface area contributed by atoms with Crippen molar-refractivity contribution in [2.75, 3.05) is 13.1 Å². The molecule has 5 heteroatoms. The summed E-state index contributed by atoms with van der Waals surface area (Å²) in [4.78, 5) is 16.8. The van der Waals surface area contributed by atoms with Crippen molar-refractivity contribution in [3.8, 4) is 0 Å². The summed E-state index contributed by atoms with van der Waals surface area (Å²) >= 11 is 0. The van der Waals surface area contributed by atoms with Gasteiger partial charge in [-0.15, -0.1) is 0 Å². The van der Waals surface area contributed by atoms with Crippen molar-refractivity contribution in [3.05, 3.63) is 36.0 Å². The van der Waals surface area contributed by atoms with Gasteiger partial charge in [0, 0.05) is 30.2 Å². The second-order valence-corrected chi connectivity index (χ2v) is 5.07. The van der Waals surface area contributed by atoms with Gasteiger partial charge in [-0.3, -0.25) is 4.79 Å². The lowest BCUT2D eigenvalue weighted by molar-refractivity contribution is -0.142. The van der Waals surface area contributed by atoms with Crippen molar-refractivity contribution >= 4 is 16.8 Å². The lowest BCUT2D eigenvalue weighted by Gasteiger charge is -2.37. The van der Waals surface area contributed by atoms with Crippen LogP contribution >= 0.6 is 0 Å². The highest BCUT2D eigenvalue weighted by atomic mass is 16.3. The van der Waals surface area contributed by atoms with Crippen LogP contribution in [0, 0.1) is 0 Å². The Hall–Kier alpha value is -1.85. The van der Waals surface area contributed by atoms with Gasteiger partial charge in [0.05, 0.1) is 12.1 Å². The Kier molecular flexibility index (Phi) is 3.00. The van der Waals surface area contributed by atoms with Gasteiger partial charge < -0.3 is 20.7 Å². The number of hydrogen-bond donors (Lipinski definition) is 3. The lowest BCUT2D eigenvalue weighted by Crippen LogP contribution is -2.58. The monoisotopic (exact) mass is 259 g/mol. The van der Waals surface area contributed by atoms with Crippen LogP contribution in [0.2, 0.25) is 0 Å². The summed E-state index contributed by atoms with van der Waals surface area (Å²) < 4.78 is 0. The van der Waals surface area contributed by atoms with Crippen molar-refractivity contribution in [3.63, 3.8) is 0 Å². The number of aromatic nitrogens is 1. The predicted octanol–water partition coefficient (Wildman–Crippen LogP) is 0.241. The summed E-state index contributed by atoms with van der Waals surface area (Å²) in [6.45, 7) is 0.806. The third-order valence-corrected chi connectivity index (χ3v) is 3.61. The van der Waals surface area contributed by atoms with Crippen molar-refractivity contribution < 1.29 is 9.90 Å². The number of nitrogens with two attached hydrogens (primary N) is 1. The van der Waals surface area contributed by atoms with E-state index in [-0.39, 0.29) is 12.0 Å². The molecule has 0 radical (unpaired) electrons. The summed E-state index contributed by atoms with van der Waals surface area (Å²) in [6.07, 6.45) is 2.03. The molecule has 0 bridgehead atoms. The zero-order chi connectivity index (χ0) is 13.4. The Morgan fingerprint density at radius 1 is 1.47 bits per heavy atom. The van der Waals surface area contributed by atoms with E-state index in [1.54, 1.807) is 4.90 Å². The normalized spacial score (nSPS) is 17.5. The number of fused-ring (bicyclic) bond motifs is 1. The first-order chi connectivity index (χ1) is 9.15. The Labute approximate surface area is 111 Å². The SMILES string of the molecule is NC(Cc1c[nH]c2ccccc12)C(=O)N1CC(O)C1. The Morgan fingerprint density at radius 3 is 2.95 bits per heavy atom. The van der Waals surface area contributed by atoms with E-state index in [2.05, 4.69) is 4.98 Å². The topological polar surface area (TPSA) is 82.4 Å². The quantitative estimate of drug-likeness (QED) is 0.738.